The van der Waals surface area contributed by atoms with E-state index in [2.05, 4.69) is 36.6 Å². The molecule has 0 fully saturated rings. The van der Waals surface area contributed by atoms with Crippen molar-refractivity contribution in [1.29, 1.82) is 0 Å². The quantitative estimate of drug-likeness (QED) is 0.572. The Morgan fingerprint density at radius 2 is 1.72 bits per heavy atom. The van der Waals surface area contributed by atoms with Crippen LogP contribution < -0.4 is 10.6 Å². The van der Waals surface area contributed by atoms with Crippen LogP contribution in [0.1, 0.15) is 33.7 Å². The number of carbonyl (C=O) groups excluding carboxylic acids is 2. The third kappa shape index (κ3) is 5.29. The summed E-state index contributed by atoms with van der Waals surface area (Å²) in [4.78, 5) is 28.6. The van der Waals surface area contributed by atoms with Gasteiger partial charge in [-0.15, -0.1) is 0 Å². The van der Waals surface area contributed by atoms with E-state index in [1.54, 1.807) is 24.0 Å². The Hall–Kier alpha value is -3.00. The van der Waals surface area contributed by atoms with E-state index >= 15 is 0 Å². The molecule has 1 aromatic carbocycles. The molecule has 0 bridgehead atoms. The first kappa shape index (κ1) is 20.7. The molecule has 0 aliphatic rings. The smallest absolute Gasteiger partial charge is 0.255 e. The van der Waals surface area contributed by atoms with Gasteiger partial charge in [-0.3, -0.25) is 14.6 Å². The number of halogens is 1. The molecule has 150 valence electrons. The fourth-order valence-corrected chi connectivity index (χ4v) is 3.24. The minimum atomic E-state index is -0.231. The average Bonchev–Trinajstić information content (AvgIpc) is 3.02. The number of aryl methyl sites for hydroxylation is 1. The Bertz CT molecular complexity index is 1000. The van der Waals surface area contributed by atoms with Crippen LogP contribution in [-0.2, 0) is 11.3 Å². The Labute approximate surface area is 177 Å². The standard InChI is InChI=1S/C21H22BrN5O2/c1-14-20(15(2)27(26-14)18-5-3-17(22)4-6-18)21(29)24-12-9-19(28)25-13-16-7-10-23-11-8-16/h3-8,10-11H,9,12-13H2,1-2H3,(H,24,29)(H,25,28). The second-order valence-electron chi connectivity index (χ2n) is 6.57. The van der Waals surface area contributed by atoms with Gasteiger partial charge >= 0.3 is 0 Å². The Morgan fingerprint density at radius 1 is 1.03 bits per heavy atom. The van der Waals surface area contributed by atoms with Crippen molar-refractivity contribution < 1.29 is 9.59 Å². The van der Waals surface area contributed by atoms with Gasteiger partial charge in [-0.2, -0.15) is 5.10 Å². The molecule has 0 unspecified atom stereocenters. The van der Waals surface area contributed by atoms with E-state index in [9.17, 15) is 9.59 Å². The van der Waals surface area contributed by atoms with Crippen molar-refractivity contribution in [2.45, 2.75) is 26.8 Å². The van der Waals surface area contributed by atoms with Crippen LogP contribution in [-0.4, -0.2) is 33.1 Å². The first-order valence-electron chi connectivity index (χ1n) is 9.21. The summed E-state index contributed by atoms with van der Waals surface area (Å²) in [5.74, 6) is -0.355. The fraction of sp³-hybridized carbons (Fsp3) is 0.238. The van der Waals surface area contributed by atoms with Crippen molar-refractivity contribution in [3.05, 3.63) is 75.8 Å². The molecule has 0 aliphatic heterocycles. The molecule has 2 aromatic heterocycles. The summed E-state index contributed by atoms with van der Waals surface area (Å²) in [6.45, 7) is 4.36. The predicted molar refractivity (Wildman–Crippen MR) is 114 cm³/mol. The number of hydrogen-bond acceptors (Lipinski definition) is 4. The van der Waals surface area contributed by atoms with E-state index in [0.29, 0.717) is 17.8 Å². The van der Waals surface area contributed by atoms with Gasteiger partial charge < -0.3 is 10.6 Å². The summed E-state index contributed by atoms with van der Waals surface area (Å²) >= 11 is 3.41. The van der Waals surface area contributed by atoms with Crippen molar-refractivity contribution in [2.24, 2.45) is 0 Å². The van der Waals surface area contributed by atoms with E-state index in [-0.39, 0.29) is 24.8 Å². The Morgan fingerprint density at radius 3 is 2.41 bits per heavy atom. The average molecular weight is 456 g/mol. The molecule has 0 spiro atoms. The normalized spacial score (nSPS) is 10.6. The lowest BCUT2D eigenvalue weighted by molar-refractivity contribution is -0.121. The van der Waals surface area contributed by atoms with Crippen LogP contribution in [0.4, 0.5) is 0 Å². The van der Waals surface area contributed by atoms with E-state index < -0.39 is 0 Å². The molecule has 0 saturated heterocycles. The van der Waals surface area contributed by atoms with Gasteiger partial charge in [0, 0.05) is 36.4 Å². The molecule has 0 aliphatic carbocycles. The highest BCUT2D eigenvalue weighted by Crippen LogP contribution is 2.19. The lowest BCUT2D eigenvalue weighted by Crippen LogP contribution is -2.31. The number of benzene rings is 1. The maximum atomic E-state index is 12.6. The molecule has 8 heteroatoms. The minimum Gasteiger partial charge on any atom is -0.352 e. The highest BCUT2D eigenvalue weighted by molar-refractivity contribution is 9.10. The Balaban J connectivity index is 1.55. The number of hydrogen-bond donors (Lipinski definition) is 2. The molecule has 0 saturated carbocycles. The second-order valence-corrected chi connectivity index (χ2v) is 7.49. The molecule has 2 N–H and O–H groups in total. The largest absolute Gasteiger partial charge is 0.352 e. The third-order valence-electron chi connectivity index (χ3n) is 4.47. The van der Waals surface area contributed by atoms with E-state index in [1.807, 2.05) is 43.3 Å². The molecule has 3 rings (SSSR count). The van der Waals surface area contributed by atoms with Crippen LogP contribution in [0.25, 0.3) is 5.69 Å². The van der Waals surface area contributed by atoms with Crippen molar-refractivity contribution >= 4 is 27.7 Å². The van der Waals surface area contributed by atoms with Gasteiger partial charge in [0.15, 0.2) is 0 Å². The van der Waals surface area contributed by atoms with E-state index in [4.69, 9.17) is 0 Å². The summed E-state index contributed by atoms with van der Waals surface area (Å²) in [7, 11) is 0. The molecule has 2 amide bonds. The lowest BCUT2D eigenvalue weighted by atomic mass is 10.2. The summed E-state index contributed by atoms with van der Waals surface area (Å²) in [5, 5.41) is 10.1. The van der Waals surface area contributed by atoms with Gasteiger partial charge in [0.25, 0.3) is 5.91 Å². The molecular weight excluding hydrogens is 434 g/mol. The summed E-state index contributed by atoms with van der Waals surface area (Å²) in [6.07, 6.45) is 3.57. The zero-order valence-electron chi connectivity index (χ0n) is 16.3. The van der Waals surface area contributed by atoms with Gasteiger partial charge in [-0.05, 0) is 55.8 Å². The molecule has 0 radical (unpaired) electrons. The first-order valence-corrected chi connectivity index (χ1v) is 10.0. The number of rotatable bonds is 7. The number of nitrogens with one attached hydrogen (secondary N) is 2. The van der Waals surface area contributed by atoms with Gasteiger partial charge in [0.2, 0.25) is 5.91 Å². The number of amides is 2. The SMILES string of the molecule is Cc1nn(-c2ccc(Br)cc2)c(C)c1C(=O)NCCC(=O)NCc1ccncc1. The van der Waals surface area contributed by atoms with Crippen LogP contribution in [0.3, 0.4) is 0 Å². The van der Waals surface area contributed by atoms with Crippen molar-refractivity contribution in [3.8, 4) is 5.69 Å². The third-order valence-corrected chi connectivity index (χ3v) is 4.99. The summed E-state index contributed by atoms with van der Waals surface area (Å²) < 4.78 is 2.72. The van der Waals surface area contributed by atoms with E-state index in [1.165, 1.54) is 0 Å². The highest BCUT2D eigenvalue weighted by atomic mass is 79.9. The zero-order valence-corrected chi connectivity index (χ0v) is 17.9. The monoisotopic (exact) mass is 455 g/mol. The fourth-order valence-electron chi connectivity index (χ4n) is 2.97. The number of pyridine rings is 1. The molecule has 29 heavy (non-hydrogen) atoms. The second kappa shape index (κ2) is 9.47. The number of nitrogens with zero attached hydrogens (tertiary/aromatic N) is 3. The van der Waals surface area contributed by atoms with Crippen LogP contribution in [0.2, 0.25) is 0 Å². The minimum absolute atomic E-state index is 0.124. The first-order chi connectivity index (χ1) is 14.0. The zero-order chi connectivity index (χ0) is 20.8. The van der Waals surface area contributed by atoms with Crippen molar-refractivity contribution in [2.75, 3.05) is 6.54 Å². The highest BCUT2D eigenvalue weighted by Gasteiger charge is 2.19. The topological polar surface area (TPSA) is 88.9 Å². The molecule has 7 nitrogen and oxygen atoms in total. The van der Waals surface area contributed by atoms with Crippen LogP contribution in [0, 0.1) is 13.8 Å². The van der Waals surface area contributed by atoms with Crippen LogP contribution in [0.5, 0.6) is 0 Å². The van der Waals surface area contributed by atoms with Gasteiger partial charge in [-0.1, -0.05) is 15.9 Å². The van der Waals surface area contributed by atoms with Crippen LogP contribution in [0.15, 0.2) is 53.3 Å². The number of carbonyl (C=O) groups is 2. The maximum absolute atomic E-state index is 12.6. The predicted octanol–water partition coefficient (Wildman–Crippen LogP) is 3.08. The lowest BCUT2D eigenvalue weighted by Gasteiger charge is -2.08. The summed E-state index contributed by atoms with van der Waals surface area (Å²) in [6, 6.07) is 11.4. The van der Waals surface area contributed by atoms with E-state index in [0.717, 1.165) is 21.4 Å². The van der Waals surface area contributed by atoms with Crippen LogP contribution >= 0.6 is 15.9 Å². The van der Waals surface area contributed by atoms with Gasteiger partial charge in [0.1, 0.15) is 0 Å². The molecule has 3 aromatic rings. The van der Waals surface area contributed by atoms with Gasteiger partial charge in [-0.25, -0.2) is 4.68 Å². The molecular formula is C21H22BrN5O2. The van der Waals surface area contributed by atoms with Gasteiger partial charge in [0.05, 0.1) is 22.6 Å². The molecule has 0 atom stereocenters. The van der Waals surface area contributed by atoms with Crippen molar-refractivity contribution in [3.63, 3.8) is 0 Å². The maximum Gasteiger partial charge on any atom is 0.255 e. The molecule has 2 heterocycles. The summed E-state index contributed by atoms with van der Waals surface area (Å²) in [5.41, 5.74) is 3.78. The van der Waals surface area contributed by atoms with Crippen molar-refractivity contribution in [1.82, 2.24) is 25.4 Å². The Kier molecular flexibility index (Phi) is 6.77. The number of aromatic nitrogens is 3.